The molecule has 1 unspecified atom stereocenters. The van der Waals surface area contributed by atoms with Crippen molar-refractivity contribution in [2.24, 2.45) is 5.92 Å². The molecule has 0 saturated carbocycles. The Kier molecular flexibility index (Phi) is 8.31. The topological polar surface area (TPSA) is 30.5 Å². The van der Waals surface area contributed by atoms with E-state index in [9.17, 15) is 0 Å². The van der Waals surface area contributed by atoms with Gasteiger partial charge in [0.15, 0.2) is 0 Å². The van der Waals surface area contributed by atoms with Crippen LogP contribution in [0.5, 0.6) is 5.75 Å². The molecule has 0 fully saturated rings. The van der Waals surface area contributed by atoms with Gasteiger partial charge < -0.3 is 14.8 Å². The predicted octanol–water partition coefficient (Wildman–Crippen LogP) is 3.28. The normalized spacial score (nSPS) is 12.7. The van der Waals surface area contributed by atoms with Crippen LogP contribution in [0.15, 0.2) is 24.3 Å². The largest absolute Gasteiger partial charge is 0.491 e. The van der Waals surface area contributed by atoms with Gasteiger partial charge in [-0.05, 0) is 50.4 Å². The second-order valence-electron chi connectivity index (χ2n) is 5.69. The van der Waals surface area contributed by atoms with Crippen LogP contribution in [0.2, 0.25) is 0 Å². The summed E-state index contributed by atoms with van der Waals surface area (Å²) < 4.78 is 11.1. The summed E-state index contributed by atoms with van der Waals surface area (Å²) in [4.78, 5) is 0. The standard InChI is InChI=1S/C17H29NO2/c1-14(2)13-19-11-12-20-17-9-7-16(8-10-17)6-5-15(3)18-4/h7-10,14-15,18H,5-6,11-13H2,1-4H3. The summed E-state index contributed by atoms with van der Waals surface area (Å²) in [5.74, 6) is 1.50. The van der Waals surface area contributed by atoms with Gasteiger partial charge in [0, 0.05) is 12.6 Å². The lowest BCUT2D eigenvalue weighted by atomic mass is 10.1. The van der Waals surface area contributed by atoms with Gasteiger partial charge in [-0.15, -0.1) is 0 Å². The molecule has 1 aromatic carbocycles. The highest BCUT2D eigenvalue weighted by molar-refractivity contribution is 5.27. The predicted molar refractivity (Wildman–Crippen MR) is 84.4 cm³/mol. The molecule has 1 aromatic rings. The second-order valence-corrected chi connectivity index (χ2v) is 5.69. The lowest BCUT2D eigenvalue weighted by Gasteiger charge is -2.11. The van der Waals surface area contributed by atoms with Crippen molar-refractivity contribution in [3.63, 3.8) is 0 Å². The smallest absolute Gasteiger partial charge is 0.119 e. The molecule has 0 spiro atoms. The van der Waals surface area contributed by atoms with Gasteiger partial charge >= 0.3 is 0 Å². The van der Waals surface area contributed by atoms with Gasteiger partial charge in [0.1, 0.15) is 12.4 Å². The van der Waals surface area contributed by atoms with E-state index in [1.807, 2.05) is 19.2 Å². The molecule has 0 radical (unpaired) electrons. The number of rotatable bonds is 10. The Bertz CT molecular complexity index is 349. The van der Waals surface area contributed by atoms with Crippen LogP contribution in [0.1, 0.15) is 32.8 Å². The summed E-state index contributed by atoms with van der Waals surface area (Å²) >= 11 is 0. The number of hydrogen-bond acceptors (Lipinski definition) is 3. The number of ether oxygens (including phenoxy) is 2. The van der Waals surface area contributed by atoms with Crippen LogP contribution in [-0.2, 0) is 11.2 Å². The fourth-order valence-electron chi connectivity index (χ4n) is 1.82. The fraction of sp³-hybridized carbons (Fsp3) is 0.647. The number of nitrogens with one attached hydrogen (secondary N) is 1. The number of hydrogen-bond donors (Lipinski definition) is 1. The molecule has 0 amide bonds. The van der Waals surface area contributed by atoms with Crippen molar-refractivity contribution in [2.75, 3.05) is 26.9 Å². The molecule has 1 N–H and O–H groups in total. The molecule has 0 aromatic heterocycles. The zero-order valence-corrected chi connectivity index (χ0v) is 13.3. The van der Waals surface area contributed by atoms with Gasteiger partial charge in [0.2, 0.25) is 0 Å². The molecule has 20 heavy (non-hydrogen) atoms. The minimum Gasteiger partial charge on any atom is -0.491 e. The summed E-state index contributed by atoms with van der Waals surface area (Å²) in [7, 11) is 2.00. The van der Waals surface area contributed by atoms with Gasteiger partial charge in [0.05, 0.1) is 6.61 Å². The molecule has 114 valence electrons. The molecule has 0 bridgehead atoms. The fourth-order valence-corrected chi connectivity index (χ4v) is 1.82. The maximum atomic E-state index is 5.65. The van der Waals surface area contributed by atoms with Crippen molar-refractivity contribution in [1.82, 2.24) is 5.32 Å². The highest BCUT2D eigenvalue weighted by Gasteiger charge is 2.00. The van der Waals surface area contributed by atoms with Crippen LogP contribution in [0.25, 0.3) is 0 Å². The summed E-state index contributed by atoms with van der Waals surface area (Å²) in [6, 6.07) is 8.94. The lowest BCUT2D eigenvalue weighted by molar-refractivity contribution is 0.0819. The third kappa shape index (κ3) is 7.51. The van der Waals surface area contributed by atoms with Crippen molar-refractivity contribution in [2.45, 2.75) is 39.7 Å². The van der Waals surface area contributed by atoms with E-state index >= 15 is 0 Å². The summed E-state index contributed by atoms with van der Waals surface area (Å²) in [6.45, 7) is 8.56. The average Bonchev–Trinajstić information content (AvgIpc) is 2.45. The van der Waals surface area contributed by atoms with Gasteiger partial charge in [-0.3, -0.25) is 0 Å². The molecular weight excluding hydrogens is 250 g/mol. The number of aryl methyl sites for hydroxylation is 1. The molecule has 1 rings (SSSR count). The molecule has 3 nitrogen and oxygen atoms in total. The van der Waals surface area contributed by atoms with E-state index in [1.54, 1.807) is 0 Å². The van der Waals surface area contributed by atoms with Crippen molar-refractivity contribution in [1.29, 1.82) is 0 Å². The van der Waals surface area contributed by atoms with E-state index in [0.717, 1.165) is 25.2 Å². The molecule has 3 heteroatoms. The maximum Gasteiger partial charge on any atom is 0.119 e. The molecule has 0 heterocycles. The van der Waals surface area contributed by atoms with Gasteiger partial charge in [-0.25, -0.2) is 0 Å². The molecular formula is C17H29NO2. The van der Waals surface area contributed by atoms with Crippen molar-refractivity contribution < 1.29 is 9.47 Å². The third-order valence-electron chi connectivity index (χ3n) is 3.23. The Morgan fingerprint density at radius 3 is 2.35 bits per heavy atom. The monoisotopic (exact) mass is 279 g/mol. The van der Waals surface area contributed by atoms with Crippen LogP contribution < -0.4 is 10.1 Å². The molecule has 0 aliphatic rings. The Morgan fingerprint density at radius 1 is 1.05 bits per heavy atom. The summed E-state index contributed by atoms with van der Waals surface area (Å²) in [5.41, 5.74) is 1.36. The Balaban J connectivity index is 2.21. The maximum absolute atomic E-state index is 5.65. The molecule has 0 aliphatic heterocycles. The second kappa shape index (κ2) is 9.78. The van der Waals surface area contributed by atoms with Gasteiger partial charge in [-0.2, -0.15) is 0 Å². The summed E-state index contributed by atoms with van der Waals surface area (Å²) in [5, 5.41) is 3.26. The van der Waals surface area contributed by atoms with Crippen molar-refractivity contribution in [3.05, 3.63) is 29.8 Å². The van der Waals surface area contributed by atoms with Crippen LogP contribution in [-0.4, -0.2) is 32.9 Å². The third-order valence-corrected chi connectivity index (χ3v) is 3.23. The Hall–Kier alpha value is -1.06. The van der Waals surface area contributed by atoms with Crippen LogP contribution in [0.3, 0.4) is 0 Å². The number of benzene rings is 1. The zero-order valence-electron chi connectivity index (χ0n) is 13.3. The van der Waals surface area contributed by atoms with E-state index in [4.69, 9.17) is 9.47 Å². The highest BCUT2D eigenvalue weighted by Crippen LogP contribution is 2.14. The van der Waals surface area contributed by atoms with Crippen LogP contribution in [0.4, 0.5) is 0 Å². The van der Waals surface area contributed by atoms with Crippen molar-refractivity contribution >= 4 is 0 Å². The lowest BCUT2D eigenvalue weighted by Crippen LogP contribution is -2.21. The van der Waals surface area contributed by atoms with E-state index in [0.29, 0.717) is 25.2 Å². The molecule has 0 aliphatic carbocycles. The van der Waals surface area contributed by atoms with Gasteiger partial charge in [-0.1, -0.05) is 26.0 Å². The molecule has 0 saturated heterocycles. The Labute approximate surface area is 123 Å². The SMILES string of the molecule is CNC(C)CCc1ccc(OCCOCC(C)C)cc1. The average molecular weight is 279 g/mol. The van der Waals surface area contributed by atoms with E-state index in [1.165, 1.54) is 5.56 Å². The van der Waals surface area contributed by atoms with E-state index < -0.39 is 0 Å². The Morgan fingerprint density at radius 2 is 1.75 bits per heavy atom. The van der Waals surface area contributed by atoms with Crippen LogP contribution in [0, 0.1) is 5.92 Å². The minimum atomic E-state index is 0.559. The minimum absolute atomic E-state index is 0.559. The zero-order chi connectivity index (χ0) is 14.8. The first-order valence-electron chi connectivity index (χ1n) is 7.58. The van der Waals surface area contributed by atoms with E-state index in [-0.39, 0.29) is 0 Å². The van der Waals surface area contributed by atoms with Crippen LogP contribution >= 0.6 is 0 Å². The highest BCUT2D eigenvalue weighted by atomic mass is 16.5. The molecule has 1 atom stereocenters. The first kappa shape index (κ1) is 17.0. The van der Waals surface area contributed by atoms with Gasteiger partial charge in [0.25, 0.3) is 0 Å². The first-order chi connectivity index (χ1) is 9.61. The van der Waals surface area contributed by atoms with Crippen molar-refractivity contribution in [3.8, 4) is 5.75 Å². The first-order valence-corrected chi connectivity index (χ1v) is 7.58. The van der Waals surface area contributed by atoms with E-state index in [2.05, 4.69) is 38.2 Å². The quantitative estimate of drug-likeness (QED) is 0.667. The summed E-state index contributed by atoms with van der Waals surface area (Å²) in [6.07, 6.45) is 2.25.